The van der Waals surface area contributed by atoms with Gasteiger partial charge in [0.25, 0.3) is 6.43 Å². The lowest BCUT2D eigenvalue weighted by Gasteiger charge is -2.09. The summed E-state index contributed by atoms with van der Waals surface area (Å²) < 4.78 is 33.1. The van der Waals surface area contributed by atoms with E-state index in [4.69, 9.17) is 10.5 Å². The molecule has 0 bridgehead atoms. The highest BCUT2D eigenvalue weighted by atomic mass is 19.3. The van der Waals surface area contributed by atoms with E-state index in [1.165, 1.54) is 7.11 Å². The molecular weight excluding hydrogens is 258 g/mol. The summed E-state index contributed by atoms with van der Waals surface area (Å²) in [6.07, 6.45) is -2.52. The molecule has 0 aliphatic rings. The van der Waals surface area contributed by atoms with Crippen molar-refractivity contribution in [2.45, 2.75) is 12.8 Å². The number of alkyl halides is 2. The molecule has 0 heterocycles. The molecule has 0 aromatic heterocycles. The van der Waals surface area contributed by atoms with E-state index in [0.717, 1.165) is 0 Å². The van der Waals surface area contributed by atoms with Crippen LogP contribution in [0.1, 0.15) is 6.42 Å². The van der Waals surface area contributed by atoms with Crippen LogP contribution in [-0.2, 0) is 9.53 Å². The molecule has 19 heavy (non-hydrogen) atoms. The van der Waals surface area contributed by atoms with Crippen molar-refractivity contribution >= 4 is 17.3 Å². The number of hydrogen-bond donors (Lipinski definition) is 2. The Labute approximate surface area is 109 Å². The Hall–Kier alpha value is -1.89. The van der Waals surface area contributed by atoms with E-state index < -0.39 is 13.0 Å². The first-order chi connectivity index (χ1) is 9.02. The van der Waals surface area contributed by atoms with Crippen molar-refractivity contribution in [2.24, 2.45) is 0 Å². The molecule has 106 valence electrons. The minimum absolute atomic E-state index is 0.00134. The zero-order chi connectivity index (χ0) is 14.3. The average Bonchev–Trinajstić information content (AvgIpc) is 2.35. The molecule has 1 aromatic rings. The Morgan fingerprint density at radius 2 is 2.21 bits per heavy atom. The van der Waals surface area contributed by atoms with Crippen LogP contribution in [0.25, 0.3) is 0 Å². The van der Waals surface area contributed by atoms with Gasteiger partial charge in [-0.25, -0.2) is 8.78 Å². The molecule has 0 fully saturated rings. The summed E-state index contributed by atoms with van der Waals surface area (Å²) in [6, 6.07) is 4.81. The highest BCUT2D eigenvalue weighted by molar-refractivity contribution is 5.91. The number of nitrogen functional groups attached to an aromatic ring is 1. The van der Waals surface area contributed by atoms with Crippen molar-refractivity contribution in [1.82, 2.24) is 0 Å². The lowest BCUT2D eigenvalue weighted by molar-refractivity contribution is -0.117. The summed E-state index contributed by atoms with van der Waals surface area (Å²) in [7, 11) is 1.49. The normalized spacial score (nSPS) is 10.5. The van der Waals surface area contributed by atoms with Gasteiger partial charge in [-0.05, 0) is 18.2 Å². The van der Waals surface area contributed by atoms with E-state index in [9.17, 15) is 13.6 Å². The summed E-state index contributed by atoms with van der Waals surface area (Å²) in [6.45, 7) is -0.718. The highest BCUT2D eigenvalue weighted by Crippen LogP contribution is 2.24. The van der Waals surface area contributed by atoms with Crippen LogP contribution in [0.5, 0.6) is 5.75 Å². The topological polar surface area (TPSA) is 73.6 Å². The molecule has 0 unspecified atom stereocenters. The summed E-state index contributed by atoms with van der Waals surface area (Å²) in [5.41, 5.74) is 6.59. The summed E-state index contributed by atoms with van der Waals surface area (Å²) in [5.74, 6) is 0.178. The second-order valence-corrected chi connectivity index (χ2v) is 3.72. The summed E-state index contributed by atoms with van der Waals surface area (Å²) >= 11 is 0. The van der Waals surface area contributed by atoms with Gasteiger partial charge in [0.05, 0.1) is 25.8 Å². The van der Waals surface area contributed by atoms with Crippen LogP contribution in [0.15, 0.2) is 18.2 Å². The number of ether oxygens (including phenoxy) is 2. The van der Waals surface area contributed by atoms with E-state index in [1.54, 1.807) is 18.2 Å². The minimum atomic E-state index is -2.52. The molecule has 0 atom stereocenters. The number of amides is 1. The largest absolute Gasteiger partial charge is 0.495 e. The van der Waals surface area contributed by atoms with Crippen LogP contribution in [-0.4, -0.2) is 32.7 Å². The quantitative estimate of drug-likeness (QED) is 0.588. The molecule has 0 saturated heterocycles. The molecule has 0 saturated carbocycles. The van der Waals surface area contributed by atoms with Crippen LogP contribution in [0.2, 0.25) is 0 Å². The van der Waals surface area contributed by atoms with Gasteiger partial charge in [0, 0.05) is 5.69 Å². The first-order valence-electron chi connectivity index (χ1n) is 5.62. The fourth-order valence-electron chi connectivity index (χ4n) is 1.37. The van der Waals surface area contributed by atoms with E-state index in [0.29, 0.717) is 17.1 Å². The third kappa shape index (κ3) is 5.52. The van der Waals surface area contributed by atoms with Crippen molar-refractivity contribution in [1.29, 1.82) is 0 Å². The highest BCUT2D eigenvalue weighted by Gasteiger charge is 2.06. The fourth-order valence-corrected chi connectivity index (χ4v) is 1.37. The van der Waals surface area contributed by atoms with Crippen molar-refractivity contribution in [3.05, 3.63) is 18.2 Å². The van der Waals surface area contributed by atoms with E-state index >= 15 is 0 Å². The lowest BCUT2D eigenvalue weighted by atomic mass is 10.2. The maximum atomic E-state index is 11.8. The number of nitrogens with one attached hydrogen (secondary N) is 1. The third-order valence-corrected chi connectivity index (χ3v) is 2.23. The fraction of sp³-hybridized carbons (Fsp3) is 0.417. The predicted octanol–water partition coefficient (Wildman–Crippen LogP) is 1.89. The summed E-state index contributed by atoms with van der Waals surface area (Å²) in [5, 5.41) is 2.58. The van der Waals surface area contributed by atoms with Crippen molar-refractivity contribution in [2.75, 3.05) is 31.4 Å². The molecule has 0 aliphatic carbocycles. The van der Waals surface area contributed by atoms with Gasteiger partial charge in [-0.1, -0.05) is 0 Å². The van der Waals surface area contributed by atoms with Gasteiger partial charge in [-0.3, -0.25) is 4.79 Å². The predicted molar refractivity (Wildman–Crippen MR) is 67.5 cm³/mol. The molecule has 1 amide bonds. The van der Waals surface area contributed by atoms with Gasteiger partial charge < -0.3 is 20.5 Å². The monoisotopic (exact) mass is 274 g/mol. The van der Waals surface area contributed by atoms with Gasteiger partial charge in [-0.2, -0.15) is 0 Å². The SMILES string of the molecule is COc1ccc(NC(=O)CCOCC(F)F)cc1N. The number of carbonyl (C=O) groups is 1. The van der Waals surface area contributed by atoms with Crippen LogP contribution >= 0.6 is 0 Å². The number of rotatable bonds is 7. The molecule has 0 radical (unpaired) electrons. The molecule has 1 aromatic carbocycles. The van der Waals surface area contributed by atoms with Crippen molar-refractivity contribution < 1.29 is 23.0 Å². The number of anilines is 2. The number of halogens is 2. The van der Waals surface area contributed by atoms with Crippen LogP contribution in [0, 0.1) is 0 Å². The first kappa shape index (κ1) is 15.2. The van der Waals surface area contributed by atoms with Gasteiger partial charge >= 0.3 is 0 Å². The lowest BCUT2D eigenvalue weighted by Crippen LogP contribution is -2.15. The second kappa shape index (κ2) is 7.52. The Morgan fingerprint density at radius 1 is 1.47 bits per heavy atom. The van der Waals surface area contributed by atoms with Crippen LogP contribution in [0.3, 0.4) is 0 Å². The third-order valence-electron chi connectivity index (χ3n) is 2.23. The molecule has 3 N–H and O–H groups in total. The number of methoxy groups -OCH3 is 1. The number of nitrogens with two attached hydrogens (primary N) is 1. The van der Waals surface area contributed by atoms with Gasteiger partial charge in [0.2, 0.25) is 5.91 Å². The van der Waals surface area contributed by atoms with E-state index in [-0.39, 0.29) is 18.9 Å². The average molecular weight is 274 g/mol. The maximum Gasteiger partial charge on any atom is 0.261 e. The molecular formula is C12H16F2N2O3. The number of hydrogen-bond acceptors (Lipinski definition) is 4. The second-order valence-electron chi connectivity index (χ2n) is 3.72. The zero-order valence-electron chi connectivity index (χ0n) is 10.5. The first-order valence-corrected chi connectivity index (χ1v) is 5.62. The molecule has 5 nitrogen and oxygen atoms in total. The van der Waals surface area contributed by atoms with Crippen LogP contribution < -0.4 is 15.8 Å². The Bertz CT molecular complexity index is 427. The van der Waals surface area contributed by atoms with Gasteiger partial charge in [0.15, 0.2) is 0 Å². The van der Waals surface area contributed by atoms with Crippen LogP contribution in [0.4, 0.5) is 20.2 Å². The van der Waals surface area contributed by atoms with Crippen molar-refractivity contribution in [3.63, 3.8) is 0 Å². The maximum absolute atomic E-state index is 11.8. The Kier molecular flexibility index (Phi) is 6.01. The molecule has 1 rings (SSSR count). The van der Waals surface area contributed by atoms with Gasteiger partial charge in [0.1, 0.15) is 12.4 Å². The number of benzene rings is 1. The standard InChI is InChI=1S/C12H16F2N2O3/c1-18-10-3-2-8(6-9(10)15)16-12(17)4-5-19-7-11(13)14/h2-3,6,11H,4-5,7,15H2,1H3,(H,16,17). The smallest absolute Gasteiger partial charge is 0.261 e. The summed E-state index contributed by atoms with van der Waals surface area (Å²) in [4.78, 5) is 11.5. The van der Waals surface area contributed by atoms with E-state index in [2.05, 4.69) is 10.1 Å². The van der Waals surface area contributed by atoms with Gasteiger partial charge in [-0.15, -0.1) is 0 Å². The Balaban J connectivity index is 2.38. The minimum Gasteiger partial charge on any atom is -0.495 e. The number of carbonyl (C=O) groups excluding carboxylic acids is 1. The Morgan fingerprint density at radius 3 is 2.79 bits per heavy atom. The molecule has 0 spiro atoms. The van der Waals surface area contributed by atoms with Crippen molar-refractivity contribution in [3.8, 4) is 5.75 Å². The molecule has 7 heteroatoms. The van der Waals surface area contributed by atoms with E-state index in [1.807, 2.05) is 0 Å². The zero-order valence-corrected chi connectivity index (χ0v) is 10.5. The molecule has 0 aliphatic heterocycles.